The highest BCUT2D eigenvalue weighted by molar-refractivity contribution is 5.73. The van der Waals surface area contributed by atoms with Gasteiger partial charge in [-0.1, -0.05) is 0 Å². The SMILES string of the molecule is CC(=O)NC1CCCC1N. The Morgan fingerprint density at radius 3 is 2.70 bits per heavy atom. The first-order valence-electron chi connectivity index (χ1n) is 3.73. The Bertz CT molecular complexity index is 136. The number of carbonyl (C=O) groups excluding carboxylic acids is 1. The molecule has 0 bridgehead atoms. The first-order valence-corrected chi connectivity index (χ1v) is 3.73. The predicted molar refractivity (Wildman–Crippen MR) is 39.4 cm³/mol. The number of carbonyl (C=O) groups is 1. The van der Waals surface area contributed by atoms with Gasteiger partial charge in [-0.25, -0.2) is 0 Å². The topological polar surface area (TPSA) is 55.1 Å². The molecule has 1 aliphatic rings. The number of hydrogen-bond acceptors (Lipinski definition) is 2. The van der Waals surface area contributed by atoms with E-state index in [0.717, 1.165) is 19.3 Å². The largest absolute Gasteiger partial charge is 0.352 e. The Hall–Kier alpha value is -0.570. The Labute approximate surface area is 61.0 Å². The van der Waals surface area contributed by atoms with Gasteiger partial charge >= 0.3 is 0 Å². The zero-order chi connectivity index (χ0) is 7.56. The van der Waals surface area contributed by atoms with E-state index in [1.165, 1.54) is 6.92 Å². The van der Waals surface area contributed by atoms with E-state index in [4.69, 9.17) is 5.73 Å². The van der Waals surface area contributed by atoms with E-state index >= 15 is 0 Å². The molecule has 0 aromatic carbocycles. The highest BCUT2D eigenvalue weighted by Crippen LogP contribution is 2.16. The molecule has 3 nitrogen and oxygen atoms in total. The summed E-state index contributed by atoms with van der Waals surface area (Å²) in [4.78, 5) is 10.6. The lowest BCUT2D eigenvalue weighted by Gasteiger charge is -2.15. The van der Waals surface area contributed by atoms with Gasteiger partial charge in [0, 0.05) is 19.0 Å². The molecule has 0 saturated heterocycles. The number of hydrogen-bond donors (Lipinski definition) is 2. The van der Waals surface area contributed by atoms with Crippen molar-refractivity contribution in [1.29, 1.82) is 0 Å². The van der Waals surface area contributed by atoms with Crippen molar-refractivity contribution in [2.75, 3.05) is 0 Å². The lowest BCUT2D eigenvalue weighted by Crippen LogP contribution is -2.42. The number of nitrogens with two attached hydrogens (primary N) is 1. The van der Waals surface area contributed by atoms with Crippen LogP contribution in [-0.4, -0.2) is 18.0 Å². The molecular weight excluding hydrogens is 128 g/mol. The predicted octanol–water partition coefficient (Wildman–Crippen LogP) is 0.00230. The van der Waals surface area contributed by atoms with Crippen LogP contribution < -0.4 is 11.1 Å². The van der Waals surface area contributed by atoms with Crippen molar-refractivity contribution >= 4 is 5.91 Å². The molecule has 0 aromatic rings. The molecule has 1 rings (SSSR count). The van der Waals surface area contributed by atoms with Crippen molar-refractivity contribution in [3.05, 3.63) is 0 Å². The monoisotopic (exact) mass is 142 g/mol. The number of rotatable bonds is 1. The van der Waals surface area contributed by atoms with Crippen molar-refractivity contribution < 1.29 is 4.79 Å². The van der Waals surface area contributed by atoms with Crippen molar-refractivity contribution in [3.8, 4) is 0 Å². The second-order valence-electron chi connectivity index (χ2n) is 2.90. The van der Waals surface area contributed by atoms with Gasteiger partial charge in [0.25, 0.3) is 0 Å². The molecule has 0 radical (unpaired) electrons. The summed E-state index contributed by atoms with van der Waals surface area (Å²) in [7, 11) is 0. The maximum Gasteiger partial charge on any atom is 0.217 e. The highest BCUT2D eigenvalue weighted by Gasteiger charge is 2.23. The van der Waals surface area contributed by atoms with Crippen molar-refractivity contribution in [1.82, 2.24) is 5.32 Å². The number of nitrogens with one attached hydrogen (secondary N) is 1. The molecule has 1 amide bonds. The molecule has 2 atom stereocenters. The van der Waals surface area contributed by atoms with E-state index in [1.807, 2.05) is 0 Å². The summed E-state index contributed by atoms with van der Waals surface area (Å²) < 4.78 is 0. The lowest BCUT2D eigenvalue weighted by atomic mass is 10.2. The van der Waals surface area contributed by atoms with Gasteiger partial charge in [-0.3, -0.25) is 4.79 Å². The fourth-order valence-electron chi connectivity index (χ4n) is 1.43. The average molecular weight is 142 g/mol. The Morgan fingerprint density at radius 1 is 1.60 bits per heavy atom. The summed E-state index contributed by atoms with van der Waals surface area (Å²) in [6.07, 6.45) is 3.23. The Balaban J connectivity index is 2.33. The molecule has 58 valence electrons. The Morgan fingerprint density at radius 2 is 2.30 bits per heavy atom. The molecule has 10 heavy (non-hydrogen) atoms. The van der Waals surface area contributed by atoms with Gasteiger partial charge in [-0.15, -0.1) is 0 Å². The van der Waals surface area contributed by atoms with Crippen LogP contribution in [0.1, 0.15) is 26.2 Å². The molecule has 0 aromatic heterocycles. The van der Waals surface area contributed by atoms with Crippen LogP contribution in [0.3, 0.4) is 0 Å². The maximum atomic E-state index is 10.6. The Kier molecular flexibility index (Phi) is 2.27. The molecule has 1 aliphatic carbocycles. The molecule has 0 aliphatic heterocycles. The third kappa shape index (κ3) is 1.70. The van der Waals surface area contributed by atoms with Gasteiger partial charge in [0.15, 0.2) is 0 Å². The summed E-state index contributed by atoms with van der Waals surface area (Å²) in [5.41, 5.74) is 5.71. The van der Waals surface area contributed by atoms with Crippen LogP contribution in [0.2, 0.25) is 0 Å². The lowest BCUT2D eigenvalue weighted by molar-refractivity contribution is -0.119. The zero-order valence-corrected chi connectivity index (χ0v) is 6.26. The fraction of sp³-hybridized carbons (Fsp3) is 0.857. The summed E-state index contributed by atoms with van der Waals surface area (Å²) in [6.45, 7) is 1.53. The van der Waals surface area contributed by atoms with Gasteiger partial charge in [0.1, 0.15) is 0 Å². The smallest absolute Gasteiger partial charge is 0.217 e. The highest BCUT2D eigenvalue weighted by atomic mass is 16.1. The first kappa shape index (κ1) is 7.54. The van der Waals surface area contributed by atoms with E-state index < -0.39 is 0 Å². The van der Waals surface area contributed by atoms with Gasteiger partial charge in [-0.05, 0) is 19.3 Å². The minimum absolute atomic E-state index is 0.0300. The maximum absolute atomic E-state index is 10.6. The van der Waals surface area contributed by atoms with E-state index in [1.54, 1.807) is 0 Å². The summed E-state index contributed by atoms with van der Waals surface area (Å²) in [5, 5.41) is 2.83. The van der Waals surface area contributed by atoms with Crippen molar-refractivity contribution in [2.24, 2.45) is 5.73 Å². The molecule has 0 heterocycles. The fourth-order valence-corrected chi connectivity index (χ4v) is 1.43. The van der Waals surface area contributed by atoms with Crippen LogP contribution in [0, 0.1) is 0 Å². The van der Waals surface area contributed by atoms with E-state index in [0.29, 0.717) is 0 Å². The summed E-state index contributed by atoms with van der Waals surface area (Å²) >= 11 is 0. The molecule has 1 fully saturated rings. The molecule has 3 N–H and O–H groups in total. The second-order valence-corrected chi connectivity index (χ2v) is 2.90. The van der Waals surface area contributed by atoms with Crippen LogP contribution in [0.15, 0.2) is 0 Å². The minimum Gasteiger partial charge on any atom is -0.352 e. The molecular formula is C7H14N2O. The third-order valence-electron chi connectivity index (χ3n) is 1.96. The third-order valence-corrected chi connectivity index (χ3v) is 1.96. The van der Waals surface area contributed by atoms with Crippen LogP contribution in [-0.2, 0) is 4.79 Å². The van der Waals surface area contributed by atoms with E-state index in [2.05, 4.69) is 5.32 Å². The van der Waals surface area contributed by atoms with E-state index in [9.17, 15) is 4.79 Å². The van der Waals surface area contributed by atoms with E-state index in [-0.39, 0.29) is 18.0 Å². The van der Waals surface area contributed by atoms with Gasteiger partial charge in [0.2, 0.25) is 5.91 Å². The molecule has 0 spiro atoms. The van der Waals surface area contributed by atoms with Crippen LogP contribution in [0.5, 0.6) is 0 Å². The standard InChI is InChI=1S/C7H14N2O/c1-5(10)9-7-4-2-3-6(7)8/h6-7H,2-4,8H2,1H3,(H,9,10). The van der Waals surface area contributed by atoms with Crippen LogP contribution in [0.25, 0.3) is 0 Å². The van der Waals surface area contributed by atoms with Gasteiger partial charge in [-0.2, -0.15) is 0 Å². The summed E-state index contributed by atoms with van der Waals surface area (Å²) in [6, 6.07) is 0.418. The van der Waals surface area contributed by atoms with Gasteiger partial charge < -0.3 is 11.1 Å². The molecule has 1 saturated carbocycles. The average Bonchev–Trinajstić information content (AvgIpc) is 2.15. The molecule has 3 heteroatoms. The normalized spacial score (nSPS) is 32.2. The van der Waals surface area contributed by atoms with Gasteiger partial charge in [0.05, 0.1) is 0 Å². The first-order chi connectivity index (χ1) is 4.70. The van der Waals surface area contributed by atoms with Crippen molar-refractivity contribution in [2.45, 2.75) is 38.3 Å². The zero-order valence-electron chi connectivity index (χ0n) is 6.26. The summed E-state index contributed by atoms with van der Waals surface area (Å²) in [5.74, 6) is 0.0300. The molecule has 2 unspecified atom stereocenters. The van der Waals surface area contributed by atoms with Crippen molar-refractivity contribution in [3.63, 3.8) is 0 Å². The minimum atomic E-state index is 0.0300. The number of amides is 1. The quantitative estimate of drug-likeness (QED) is 0.541. The second kappa shape index (κ2) is 3.01. The van der Waals surface area contributed by atoms with Crippen LogP contribution >= 0.6 is 0 Å². The van der Waals surface area contributed by atoms with Crippen LogP contribution in [0.4, 0.5) is 0 Å².